The Morgan fingerprint density at radius 2 is 2.27 bits per heavy atom. The molecule has 0 radical (unpaired) electrons. The van der Waals surface area contributed by atoms with Crippen LogP contribution in [0.4, 0.5) is 0 Å². The van der Waals surface area contributed by atoms with Crippen molar-refractivity contribution in [3.63, 3.8) is 0 Å². The Kier molecular flexibility index (Phi) is 4.98. The van der Waals surface area contributed by atoms with E-state index >= 15 is 0 Å². The molecule has 1 aliphatic rings. The van der Waals surface area contributed by atoms with E-state index in [2.05, 4.69) is 57.8 Å². The fourth-order valence-electron chi connectivity index (χ4n) is 3.23. The molecule has 3 rings (SSSR count). The molecule has 0 amide bonds. The molecule has 0 saturated carbocycles. The van der Waals surface area contributed by atoms with E-state index in [0.717, 1.165) is 44.4 Å². The maximum absolute atomic E-state index is 4.40. The lowest BCUT2D eigenvalue weighted by Crippen LogP contribution is -2.30. The molecule has 2 aromatic rings. The first-order valence-corrected chi connectivity index (χ1v) is 8.57. The number of hydrogen-bond acceptors (Lipinski definition) is 2. The smallest absolute Gasteiger partial charge is 0.108 e. The Bertz CT molecular complexity index is 581. The van der Waals surface area contributed by atoms with Gasteiger partial charge in [-0.15, -0.1) is 0 Å². The zero-order valence-corrected chi connectivity index (χ0v) is 13.8. The van der Waals surface area contributed by atoms with E-state index < -0.39 is 0 Å². The van der Waals surface area contributed by atoms with Gasteiger partial charge in [0.1, 0.15) is 5.82 Å². The van der Waals surface area contributed by atoms with E-state index in [1.165, 1.54) is 24.4 Å². The highest BCUT2D eigenvalue weighted by molar-refractivity contribution is 5.07. The van der Waals surface area contributed by atoms with Gasteiger partial charge in [-0.1, -0.05) is 13.8 Å². The van der Waals surface area contributed by atoms with Crippen LogP contribution in [0.2, 0.25) is 0 Å². The highest BCUT2D eigenvalue weighted by Gasteiger charge is 2.18. The van der Waals surface area contributed by atoms with Crippen molar-refractivity contribution >= 4 is 0 Å². The van der Waals surface area contributed by atoms with Crippen LogP contribution >= 0.6 is 0 Å². The van der Waals surface area contributed by atoms with E-state index in [9.17, 15) is 0 Å². The number of nitrogens with zero attached hydrogens (tertiary/aromatic N) is 3. The van der Waals surface area contributed by atoms with Crippen molar-refractivity contribution in [2.45, 2.75) is 52.7 Å². The Morgan fingerprint density at radius 3 is 3.14 bits per heavy atom. The second kappa shape index (κ2) is 7.14. The molecule has 0 aromatic carbocycles. The molecule has 4 heteroatoms. The molecule has 1 N–H and O–H groups in total. The van der Waals surface area contributed by atoms with Gasteiger partial charge in [0.2, 0.25) is 0 Å². The number of fused-ring (bicyclic) bond motifs is 1. The molecular weight excluding hydrogens is 272 g/mol. The van der Waals surface area contributed by atoms with Crippen molar-refractivity contribution in [1.82, 2.24) is 19.4 Å². The Labute approximate surface area is 133 Å². The van der Waals surface area contributed by atoms with Gasteiger partial charge in [0.15, 0.2) is 0 Å². The third-order valence-electron chi connectivity index (χ3n) is 4.64. The van der Waals surface area contributed by atoms with Crippen LogP contribution in [0.5, 0.6) is 0 Å². The minimum absolute atomic E-state index is 0.723. The molecular formula is C18H28N4. The first kappa shape index (κ1) is 15.3. The fraction of sp³-hybridized carbons (Fsp3) is 0.611. The second-order valence-electron chi connectivity index (χ2n) is 6.91. The molecule has 22 heavy (non-hydrogen) atoms. The standard InChI is InChI=1S/C18H28N4/c1-15(2)7-10-21-9-3-4-17(21)13-19-12-16-5-6-18-20-8-11-22(18)14-16/h3-4,8-9,11,15-16,19H,5-7,10,12-14H2,1-2H3/t16-/m0/s1. The highest BCUT2D eigenvalue weighted by atomic mass is 15.1. The molecule has 0 bridgehead atoms. The molecule has 0 fully saturated rings. The van der Waals surface area contributed by atoms with Crippen LogP contribution in [-0.2, 0) is 26.1 Å². The minimum Gasteiger partial charge on any atom is -0.350 e. The summed E-state index contributed by atoms with van der Waals surface area (Å²) in [5, 5.41) is 3.65. The maximum atomic E-state index is 4.40. The first-order chi connectivity index (χ1) is 10.7. The number of rotatable bonds is 7. The highest BCUT2D eigenvalue weighted by Crippen LogP contribution is 2.18. The van der Waals surface area contributed by atoms with Crippen LogP contribution < -0.4 is 5.32 Å². The average molecular weight is 300 g/mol. The summed E-state index contributed by atoms with van der Waals surface area (Å²) in [5.74, 6) is 2.73. The fourth-order valence-corrected chi connectivity index (χ4v) is 3.23. The van der Waals surface area contributed by atoms with Crippen LogP contribution in [0.25, 0.3) is 0 Å². The zero-order chi connectivity index (χ0) is 15.4. The second-order valence-corrected chi connectivity index (χ2v) is 6.91. The Balaban J connectivity index is 1.45. The number of imidazole rings is 1. The molecule has 3 heterocycles. The van der Waals surface area contributed by atoms with Gasteiger partial charge >= 0.3 is 0 Å². The third kappa shape index (κ3) is 3.80. The number of hydrogen-bond donors (Lipinski definition) is 1. The number of nitrogens with one attached hydrogen (secondary N) is 1. The van der Waals surface area contributed by atoms with Gasteiger partial charge in [-0.05, 0) is 36.8 Å². The quantitative estimate of drug-likeness (QED) is 0.853. The number of aryl methyl sites for hydroxylation is 2. The summed E-state index contributed by atoms with van der Waals surface area (Å²) in [5.41, 5.74) is 1.40. The molecule has 2 aromatic heterocycles. The summed E-state index contributed by atoms with van der Waals surface area (Å²) < 4.78 is 4.70. The number of aromatic nitrogens is 3. The minimum atomic E-state index is 0.723. The predicted octanol–water partition coefficient (Wildman–Crippen LogP) is 3.08. The Morgan fingerprint density at radius 1 is 1.36 bits per heavy atom. The van der Waals surface area contributed by atoms with E-state index in [0.29, 0.717) is 0 Å². The molecule has 1 aliphatic heterocycles. The average Bonchev–Trinajstić information content (AvgIpc) is 3.13. The van der Waals surface area contributed by atoms with E-state index in [-0.39, 0.29) is 0 Å². The summed E-state index contributed by atoms with van der Waals surface area (Å²) in [6.07, 6.45) is 9.85. The summed E-state index contributed by atoms with van der Waals surface area (Å²) >= 11 is 0. The van der Waals surface area contributed by atoms with Crippen LogP contribution in [-0.4, -0.2) is 20.7 Å². The van der Waals surface area contributed by atoms with Gasteiger partial charge in [0.05, 0.1) is 0 Å². The molecule has 0 aliphatic carbocycles. The van der Waals surface area contributed by atoms with Gasteiger partial charge in [-0.2, -0.15) is 0 Å². The summed E-state index contributed by atoms with van der Waals surface area (Å²) in [7, 11) is 0. The van der Waals surface area contributed by atoms with Crippen LogP contribution in [0.3, 0.4) is 0 Å². The van der Waals surface area contributed by atoms with E-state index in [1.54, 1.807) is 0 Å². The van der Waals surface area contributed by atoms with Crippen molar-refractivity contribution in [3.8, 4) is 0 Å². The SMILES string of the molecule is CC(C)CCn1cccc1CNC[C@@H]1CCc2nccn2C1. The molecule has 1 atom stereocenters. The molecule has 120 valence electrons. The molecule has 0 unspecified atom stereocenters. The third-order valence-corrected chi connectivity index (χ3v) is 4.64. The van der Waals surface area contributed by atoms with E-state index in [1.807, 2.05) is 6.20 Å². The molecule has 0 spiro atoms. The summed E-state index contributed by atoms with van der Waals surface area (Å²) in [4.78, 5) is 4.40. The van der Waals surface area contributed by atoms with Gasteiger partial charge < -0.3 is 14.5 Å². The lowest BCUT2D eigenvalue weighted by Gasteiger charge is -2.24. The van der Waals surface area contributed by atoms with Crippen molar-refractivity contribution < 1.29 is 0 Å². The summed E-state index contributed by atoms with van der Waals surface area (Å²) in [6, 6.07) is 4.40. The lowest BCUT2D eigenvalue weighted by atomic mass is 9.99. The summed E-state index contributed by atoms with van der Waals surface area (Å²) in [6.45, 7) is 8.87. The first-order valence-electron chi connectivity index (χ1n) is 8.57. The topological polar surface area (TPSA) is 34.8 Å². The Hall–Kier alpha value is -1.55. The lowest BCUT2D eigenvalue weighted by molar-refractivity contribution is 0.345. The normalized spacial score (nSPS) is 17.9. The maximum Gasteiger partial charge on any atom is 0.108 e. The van der Waals surface area contributed by atoms with Gasteiger partial charge in [-0.3, -0.25) is 0 Å². The van der Waals surface area contributed by atoms with Gasteiger partial charge in [0, 0.05) is 56.9 Å². The van der Waals surface area contributed by atoms with Crippen molar-refractivity contribution in [3.05, 3.63) is 42.2 Å². The van der Waals surface area contributed by atoms with Crippen LogP contribution in [0.1, 0.15) is 38.2 Å². The van der Waals surface area contributed by atoms with Crippen molar-refractivity contribution in [1.29, 1.82) is 0 Å². The zero-order valence-electron chi connectivity index (χ0n) is 13.8. The van der Waals surface area contributed by atoms with Crippen molar-refractivity contribution in [2.75, 3.05) is 6.54 Å². The van der Waals surface area contributed by atoms with Crippen LogP contribution in [0, 0.1) is 11.8 Å². The van der Waals surface area contributed by atoms with Gasteiger partial charge in [0.25, 0.3) is 0 Å². The monoisotopic (exact) mass is 300 g/mol. The molecule has 0 saturated heterocycles. The molecule has 4 nitrogen and oxygen atoms in total. The van der Waals surface area contributed by atoms with Gasteiger partial charge in [-0.25, -0.2) is 4.98 Å². The predicted molar refractivity (Wildman–Crippen MR) is 89.6 cm³/mol. The largest absolute Gasteiger partial charge is 0.350 e. The van der Waals surface area contributed by atoms with Crippen LogP contribution in [0.15, 0.2) is 30.7 Å². The van der Waals surface area contributed by atoms with E-state index in [4.69, 9.17) is 0 Å². The van der Waals surface area contributed by atoms with Crippen molar-refractivity contribution in [2.24, 2.45) is 11.8 Å².